The fraction of sp³-hybridized carbons (Fsp3) is 0.105. The summed E-state index contributed by atoms with van der Waals surface area (Å²) in [4.78, 5) is 22.8. The molecule has 0 aromatic heterocycles. The second-order valence-corrected chi connectivity index (χ2v) is 4.90. The molecule has 0 spiro atoms. The maximum absolute atomic E-state index is 11.7. The molecule has 2 aromatic carbocycles. The third-order valence-electron chi connectivity index (χ3n) is 3.26. The molecule has 24 heavy (non-hydrogen) atoms. The van der Waals surface area contributed by atoms with Crippen LogP contribution in [0.25, 0.3) is 17.2 Å². The Bertz CT molecular complexity index is 846. The van der Waals surface area contributed by atoms with Crippen molar-refractivity contribution in [2.75, 3.05) is 6.61 Å². The molecule has 0 fully saturated rings. The van der Waals surface area contributed by atoms with E-state index in [9.17, 15) is 9.59 Å². The van der Waals surface area contributed by atoms with E-state index in [0.717, 1.165) is 11.1 Å². The molecule has 0 aliphatic carbocycles. The highest BCUT2D eigenvalue weighted by atomic mass is 16.5. The van der Waals surface area contributed by atoms with E-state index < -0.39 is 11.9 Å². The van der Waals surface area contributed by atoms with Crippen molar-refractivity contribution < 1.29 is 19.4 Å². The first-order valence-electron chi connectivity index (χ1n) is 7.28. The summed E-state index contributed by atoms with van der Waals surface area (Å²) in [5, 5.41) is 18.2. The van der Waals surface area contributed by atoms with E-state index >= 15 is 0 Å². The highest BCUT2D eigenvalue weighted by Crippen LogP contribution is 2.23. The Balaban J connectivity index is 2.39. The number of carbonyl (C=O) groups excluding carboxylic acids is 1. The van der Waals surface area contributed by atoms with Gasteiger partial charge in [-0.2, -0.15) is 5.26 Å². The predicted molar refractivity (Wildman–Crippen MR) is 89.1 cm³/mol. The van der Waals surface area contributed by atoms with Crippen molar-refractivity contribution in [3.8, 4) is 17.2 Å². The van der Waals surface area contributed by atoms with Crippen LogP contribution in [0.1, 0.15) is 22.8 Å². The Morgan fingerprint density at radius 2 is 1.83 bits per heavy atom. The summed E-state index contributed by atoms with van der Waals surface area (Å²) in [5.41, 5.74) is 2.27. The SMILES string of the molecule is CCOC(=O)C(C#N)=Cc1cccc(-c2cccc(C(=O)O)c2)c1. The van der Waals surface area contributed by atoms with Crippen LogP contribution in [0.2, 0.25) is 0 Å². The van der Waals surface area contributed by atoms with Gasteiger partial charge in [0.05, 0.1) is 12.2 Å². The van der Waals surface area contributed by atoms with Crippen molar-refractivity contribution >= 4 is 18.0 Å². The molecule has 0 saturated carbocycles. The van der Waals surface area contributed by atoms with Crippen molar-refractivity contribution in [1.82, 2.24) is 0 Å². The first-order chi connectivity index (χ1) is 11.5. The van der Waals surface area contributed by atoms with Crippen molar-refractivity contribution in [2.24, 2.45) is 0 Å². The normalized spacial score (nSPS) is 10.8. The van der Waals surface area contributed by atoms with Gasteiger partial charge in [-0.25, -0.2) is 9.59 Å². The zero-order valence-corrected chi connectivity index (χ0v) is 13.0. The minimum absolute atomic E-state index is 0.0895. The van der Waals surface area contributed by atoms with Gasteiger partial charge in [0.2, 0.25) is 0 Å². The van der Waals surface area contributed by atoms with Crippen molar-refractivity contribution in [1.29, 1.82) is 5.26 Å². The number of hydrogen-bond acceptors (Lipinski definition) is 4. The summed E-state index contributed by atoms with van der Waals surface area (Å²) in [6.07, 6.45) is 1.45. The number of carbonyl (C=O) groups is 2. The quantitative estimate of drug-likeness (QED) is 0.517. The van der Waals surface area contributed by atoms with Gasteiger partial charge in [-0.3, -0.25) is 0 Å². The third kappa shape index (κ3) is 4.08. The van der Waals surface area contributed by atoms with Gasteiger partial charge < -0.3 is 9.84 Å². The van der Waals surface area contributed by atoms with Gasteiger partial charge in [0.1, 0.15) is 11.6 Å². The Kier molecular flexibility index (Phi) is 5.48. The van der Waals surface area contributed by atoms with Gasteiger partial charge in [-0.05, 0) is 47.9 Å². The van der Waals surface area contributed by atoms with Gasteiger partial charge in [-0.1, -0.05) is 30.3 Å². The van der Waals surface area contributed by atoms with Crippen LogP contribution in [0.4, 0.5) is 0 Å². The van der Waals surface area contributed by atoms with Crippen LogP contribution in [-0.2, 0) is 9.53 Å². The molecule has 0 unspecified atom stereocenters. The first kappa shape index (κ1) is 17.0. The van der Waals surface area contributed by atoms with Crippen LogP contribution in [0.3, 0.4) is 0 Å². The van der Waals surface area contributed by atoms with Crippen LogP contribution in [0, 0.1) is 11.3 Å². The number of esters is 1. The summed E-state index contributed by atoms with van der Waals surface area (Å²) in [5.74, 6) is -1.67. The lowest BCUT2D eigenvalue weighted by molar-refractivity contribution is -0.137. The first-order valence-corrected chi connectivity index (χ1v) is 7.28. The lowest BCUT2D eigenvalue weighted by atomic mass is 10.0. The maximum atomic E-state index is 11.7. The molecule has 2 aromatic rings. The average molecular weight is 321 g/mol. The highest BCUT2D eigenvalue weighted by molar-refractivity contribution is 5.98. The standard InChI is InChI=1S/C19H15NO4/c1-2-24-19(23)17(12-20)10-13-5-3-6-14(9-13)15-7-4-8-16(11-15)18(21)22/h3-11H,2H2,1H3,(H,21,22). The molecule has 120 valence electrons. The number of ether oxygens (including phenoxy) is 1. The fourth-order valence-electron chi connectivity index (χ4n) is 2.15. The van der Waals surface area contributed by atoms with Crippen LogP contribution in [-0.4, -0.2) is 23.7 Å². The average Bonchev–Trinajstić information content (AvgIpc) is 2.60. The zero-order chi connectivity index (χ0) is 17.5. The monoisotopic (exact) mass is 321 g/mol. The largest absolute Gasteiger partial charge is 0.478 e. The Hall–Kier alpha value is -3.39. The number of nitrogens with zero attached hydrogens (tertiary/aromatic N) is 1. The molecular weight excluding hydrogens is 306 g/mol. The summed E-state index contributed by atoms with van der Waals surface area (Å²) in [7, 11) is 0. The van der Waals surface area contributed by atoms with Gasteiger partial charge in [-0.15, -0.1) is 0 Å². The predicted octanol–water partition coefficient (Wildman–Crippen LogP) is 3.52. The van der Waals surface area contributed by atoms with E-state index in [1.54, 1.807) is 43.3 Å². The van der Waals surface area contributed by atoms with Crippen molar-refractivity contribution in [2.45, 2.75) is 6.92 Å². The van der Waals surface area contributed by atoms with Crippen LogP contribution in [0.15, 0.2) is 54.1 Å². The number of benzene rings is 2. The van der Waals surface area contributed by atoms with E-state index in [1.807, 2.05) is 12.1 Å². The van der Waals surface area contributed by atoms with Gasteiger partial charge >= 0.3 is 11.9 Å². The third-order valence-corrected chi connectivity index (χ3v) is 3.26. The van der Waals surface area contributed by atoms with Gasteiger partial charge in [0, 0.05) is 0 Å². The Labute approximate surface area is 139 Å². The maximum Gasteiger partial charge on any atom is 0.348 e. The molecule has 0 aliphatic heterocycles. The molecule has 5 heteroatoms. The Morgan fingerprint density at radius 3 is 2.46 bits per heavy atom. The molecule has 0 amide bonds. The summed E-state index contributed by atoms with van der Waals surface area (Å²) >= 11 is 0. The van der Waals surface area contributed by atoms with Crippen LogP contribution >= 0.6 is 0 Å². The number of carboxylic acids is 1. The highest BCUT2D eigenvalue weighted by Gasteiger charge is 2.10. The van der Waals surface area contributed by atoms with Crippen LogP contribution < -0.4 is 0 Å². The molecular formula is C19H15NO4. The lowest BCUT2D eigenvalue weighted by Gasteiger charge is -2.05. The van der Waals surface area contributed by atoms with E-state index in [2.05, 4.69) is 0 Å². The topological polar surface area (TPSA) is 87.4 Å². The zero-order valence-electron chi connectivity index (χ0n) is 13.0. The van der Waals surface area contributed by atoms with Crippen LogP contribution in [0.5, 0.6) is 0 Å². The molecule has 0 bridgehead atoms. The van der Waals surface area contributed by atoms with Crippen molar-refractivity contribution in [3.63, 3.8) is 0 Å². The molecule has 0 saturated heterocycles. The van der Waals surface area contributed by atoms with Crippen molar-refractivity contribution in [3.05, 3.63) is 65.2 Å². The molecule has 0 radical (unpaired) electrons. The van der Waals surface area contributed by atoms with E-state index in [0.29, 0.717) is 5.56 Å². The number of hydrogen-bond donors (Lipinski definition) is 1. The molecule has 2 rings (SSSR count). The second-order valence-electron chi connectivity index (χ2n) is 4.90. The molecule has 0 heterocycles. The molecule has 5 nitrogen and oxygen atoms in total. The molecule has 0 aliphatic rings. The number of rotatable bonds is 5. The number of carboxylic acid groups (broad SMARTS) is 1. The summed E-state index contributed by atoms with van der Waals surface area (Å²) in [6.45, 7) is 1.86. The summed E-state index contributed by atoms with van der Waals surface area (Å²) < 4.78 is 4.83. The number of aromatic carboxylic acids is 1. The molecule has 1 N–H and O–H groups in total. The van der Waals surface area contributed by atoms with E-state index in [-0.39, 0.29) is 17.7 Å². The summed E-state index contributed by atoms with van der Waals surface area (Å²) in [6, 6.07) is 15.5. The Morgan fingerprint density at radius 1 is 1.17 bits per heavy atom. The van der Waals surface area contributed by atoms with E-state index in [4.69, 9.17) is 15.1 Å². The van der Waals surface area contributed by atoms with E-state index in [1.165, 1.54) is 12.1 Å². The van der Waals surface area contributed by atoms with Gasteiger partial charge in [0.25, 0.3) is 0 Å². The number of nitriles is 1. The van der Waals surface area contributed by atoms with Gasteiger partial charge in [0.15, 0.2) is 0 Å². The molecule has 0 atom stereocenters. The minimum atomic E-state index is -0.998. The fourth-order valence-corrected chi connectivity index (χ4v) is 2.15. The second kappa shape index (κ2) is 7.75. The smallest absolute Gasteiger partial charge is 0.348 e. The minimum Gasteiger partial charge on any atom is -0.478 e. The lowest BCUT2D eigenvalue weighted by Crippen LogP contribution is -2.05.